The highest BCUT2D eigenvalue weighted by molar-refractivity contribution is 7.92. The molecule has 1 amide bonds. The van der Waals surface area contributed by atoms with Crippen molar-refractivity contribution in [2.24, 2.45) is 10.1 Å². The van der Waals surface area contributed by atoms with Crippen LogP contribution in [0.5, 0.6) is 0 Å². The lowest BCUT2D eigenvalue weighted by Crippen LogP contribution is -2.14. The Labute approximate surface area is 184 Å². The predicted molar refractivity (Wildman–Crippen MR) is 123 cm³/mol. The van der Waals surface area contributed by atoms with Crippen molar-refractivity contribution >= 4 is 38.2 Å². The van der Waals surface area contributed by atoms with Crippen molar-refractivity contribution in [1.29, 1.82) is 0 Å². The molecule has 0 unspecified atom stereocenters. The lowest BCUT2D eigenvalue weighted by atomic mass is 10.1. The van der Waals surface area contributed by atoms with Crippen molar-refractivity contribution in [1.82, 2.24) is 10.2 Å². The molecule has 0 aliphatic carbocycles. The maximum Gasteiger partial charge on any atom is 0.313 e. The topological polar surface area (TPSA) is 127 Å². The summed E-state index contributed by atoms with van der Waals surface area (Å²) in [7, 11) is -3.99. The fourth-order valence-electron chi connectivity index (χ4n) is 2.78. The smallest absolute Gasteiger partial charge is 0.313 e. The van der Waals surface area contributed by atoms with Gasteiger partial charge in [-0.25, -0.2) is 0 Å². The number of nitrogens with two attached hydrogens (primary N) is 1. The van der Waals surface area contributed by atoms with Gasteiger partial charge in [0.2, 0.25) is 11.0 Å². The van der Waals surface area contributed by atoms with Gasteiger partial charge in [0.15, 0.2) is 0 Å². The number of carbonyl (C=O) groups is 1. The first-order valence-electron chi connectivity index (χ1n) is 10.7. The molecule has 0 aliphatic heterocycles. The molecule has 0 radical (unpaired) electrons. The van der Waals surface area contributed by atoms with E-state index >= 15 is 0 Å². The van der Waals surface area contributed by atoms with E-state index in [9.17, 15) is 13.2 Å². The van der Waals surface area contributed by atoms with E-state index in [-0.39, 0.29) is 21.2 Å². The third-order valence-electron chi connectivity index (χ3n) is 4.34. The summed E-state index contributed by atoms with van der Waals surface area (Å²) in [6.45, 7) is 3.53. The minimum Gasteiger partial charge on any atom is -0.386 e. The average molecular weight is 458 g/mol. The molecule has 0 bridgehead atoms. The molecule has 1 aromatic heterocycles. The van der Waals surface area contributed by atoms with Gasteiger partial charge in [0.25, 0.3) is 4.34 Å². The van der Waals surface area contributed by atoms with Crippen LogP contribution in [0.4, 0.5) is 5.13 Å². The minimum atomic E-state index is -3.99. The van der Waals surface area contributed by atoms with Crippen molar-refractivity contribution in [2.45, 2.75) is 95.2 Å². The number of unbranched alkanes of at least 4 members (excludes halogenated alkanes) is 9. The summed E-state index contributed by atoms with van der Waals surface area (Å²) in [4.78, 5) is 11.0. The molecule has 0 fully saturated rings. The molecule has 0 saturated carbocycles. The SMILES string of the molecule is CCCCCC/C=C/CCCCCCCC(N)=NS(=O)(=O)c1nnc(NC(C)=O)s1. The zero-order chi connectivity index (χ0) is 22.2. The van der Waals surface area contributed by atoms with Crippen molar-refractivity contribution in [3.8, 4) is 0 Å². The fraction of sp³-hybridized carbons (Fsp3) is 0.700. The molecule has 0 saturated heterocycles. The summed E-state index contributed by atoms with van der Waals surface area (Å²) in [5.74, 6) is -0.283. The standard InChI is InChI=1S/C20H35N5O3S2/c1-3-4-5-6-7-8-9-10-11-12-13-14-15-16-18(21)25-30(27,28)20-24-23-19(29-20)22-17(2)26/h8-9H,3-7,10-16H2,1-2H3,(H2,21,25)(H,22,23,26)/b9-8+. The molecule has 1 heterocycles. The van der Waals surface area contributed by atoms with Gasteiger partial charge in [0.1, 0.15) is 5.84 Å². The molecule has 170 valence electrons. The number of carbonyl (C=O) groups excluding carboxylic acids is 1. The molecule has 0 atom stereocenters. The summed E-state index contributed by atoms with van der Waals surface area (Å²) in [6, 6.07) is 0. The number of amidine groups is 1. The number of amides is 1. The molecule has 1 rings (SSSR count). The normalized spacial score (nSPS) is 12.5. The van der Waals surface area contributed by atoms with E-state index in [1.165, 1.54) is 45.4 Å². The summed E-state index contributed by atoms with van der Waals surface area (Å²) in [5.41, 5.74) is 5.77. The zero-order valence-corrected chi connectivity index (χ0v) is 19.7. The van der Waals surface area contributed by atoms with E-state index < -0.39 is 10.0 Å². The maximum absolute atomic E-state index is 12.2. The number of hydrogen-bond acceptors (Lipinski definition) is 6. The van der Waals surface area contributed by atoms with Gasteiger partial charge in [-0.1, -0.05) is 68.9 Å². The van der Waals surface area contributed by atoms with Gasteiger partial charge in [-0.05, 0) is 32.1 Å². The van der Waals surface area contributed by atoms with E-state index in [2.05, 4.69) is 39.0 Å². The van der Waals surface area contributed by atoms with Crippen LogP contribution in [0.15, 0.2) is 20.9 Å². The van der Waals surface area contributed by atoms with E-state index in [4.69, 9.17) is 5.73 Å². The summed E-state index contributed by atoms with van der Waals surface area (Å²) in [6.07, 6.45) is 17.8. The fourth-order valence-corrected chi connectivity index (χ4v) is 4.69. The van der Waals surface area contributed by atoms with Crippen LogP contribution >= 0.6 is 11.3 Å². The second-order valence-electron chi connectivity index (χ2n) is 7.24. The first-order chi connectivity index (χ1) is 14.3. The number of nitrogens with zero attached hydrogens (tertiary/aromatic N) is 3. The molecule has 0 spiro atoms. The number of aromatic nitrogens is 2. The predicted octanol–water partition coefficient (Wildman–Crippen LogP) is 4.80. The number of rotatable bonds is 16. The molecule has 30 heavy (non-hydrogen) atoms. The Bertz CT molecular complexity index is 788. The molecule has 8 nitrogen and oxygen atoms in total. The largest absolute Gasteiger partial charge is 0.386 e. The highest BCUT2D eigenvalue weighted by Crippen LogP contribution is 2.21. The Morgan fingerprint density at radius 2 is 1.63 bits per heavy atom. The average Bonchev–Trinajstić information content (AvgIpc) is 3.14. The van der Waals surface area contributed by atoms with Gasteiger partial charge < -0.3 is 11.1 Å². The van der Waals surface area contributed by atoms with E-state index in [0.717, 1.165) is 43.4 Å². The Kier molecular flexibility index (Phi) is 13.2. The zero-order valence-electron chi connectivity index (χ0n) is 18.1. The Balaban J connectivity index is 2.19. The van der Waals surface area contributed by atoms with Crippen LogP contribution in [0, 0.1) is 0 Å². The summed E-state index contributed by atoms with van der Waals surface area (Å²) < 4.78 is 27.7. The molecular formula is C20H35N5O3S2. The van der Waals surface area contributed by atoms with E-state index in [1.807, 2.05) is 0 Å². The maximum atomic E-state index is 12.2. The second-order valence-corrected chi connectivity index (χ2v) is 9.99. The number of nitrogens with one attached hydrogen (secondary N) is 1. The van der Waals surface area contributed by atoms with E-state index in [1.54, 1.807) is 0 Å². The molecular weight excluding hydrogens is 422 g/mol. The second kappa shape index (κ2) is 15.1. The highest BCUT2D eigenvalue weighted by Gasteiger charge is 2.20. The lowest BCUT2D eigenvalue weighted by Gasteiger charge is -2.01. The van der Waals surface area contributed by atoms with Gasteiger partial charge in [0.05, 0.1) is 0 Å². The van der Waals surface area contributed by atoms with Gasteiger partial charge in [0, 0.05) is 13.3 Å². The van der Waals surface area contributed by atoms with Crippen LogP contribution < -0.4 is 11.1 Å². The molecule has 0 aromatic carbocycles. The molecule has 3 N–H and O–H groups in total. The first kappa shape index (κ1) is 26.2. The first-order valence-corrected chi connectivity index (χ1v) is 13.0. The van der Waals surface area contributed by atoms with E-state index in [0.29, 0.717) is 6.42 Å². The van der Waals surface area contributed by atoms with Crippen molar-refractivity contribution in [2.75, 3.05) is 5.32 Å². The Hall–Kier alpha value is -1.81. The summed E-state index contributed by atoms with van der Waals surface area (Å²) >= 11 is 0.747. The quantitative estimate of drug-likeness (QED) is 0.121. The summed E-state index contributed by atoms with van der Waals surface area (Å²) in [5, 5.41) is 9.67. The van der Waals surface area contributed by atoms with Crippen molar-refractivity contribution in [3.05, 3.63) is 12.2 Å². The Morgan fingerprint density at radius 1 is 1.03 bits per heavy atom. The van der Waals surface area contributed by atoms with Crippen LogP contribution in [0.2, 0.25) is 0 Å². The number of allylic oxidation sites excluding steroid dienone is 2. The van der Waals surface area contributed by atoms with Gasteiger partial charge in [-0.15, -0.1) is 14.6 Å². The third-order valence-corrected chi connectivity index (χ3v) is 6.86. The van der Waals surface area contributed by atoms with Crippen LogP contribution in [-0.4, -0.2) is 30.4 Å². The number of hydrogen-bond donors (Lipinski definition) is 2. The van der Waals surface area contributed by atoms with Gasteiger partial charge in [-0.3, -0.25) is 4.79 Å². The minimum absolute atomic E-state index is 0.0669. The van der Waals surface area contributed by atoms with Crippen LogP contribution in [0.25, 0.3) is 0 Å². The van der Waals surface area contributed by atoms with Gasteiger partial charge >= 0.3 is 10.0 Å². The number of sulfonamides is 1. The Morgan fingerprint density at radius 3 is 2.27 bits per heavy atom. The van der Waals surface area contributed by atoms with Crippen LogP contribution in [-0.2, 0) is 14.8 Å². The van der Waals surface area contributed by atoms with Crippen molar-refractivity contribution < 1.29 is 13.2 Å². The number of anilines is 1. The third kappa shape index (κ3) is 12.0. The molecule has 1 aromatic rings. The molecule has 0 aliphatic rings. The highest BCUT2D eigenvalue weighted by atomic mass is 32.2. The van der Waals surface area contributed by atoms with Crippen LogP contribution in [0.1, 0.15) is 90.9 Å². The molecule has 10 heteroatoms. The van der Waals surface area contributed by atoms with Crippen LogP contribution in [0.3, 0.4) is 0 Å². The monoisotopic (exact) mass is 457 g/mol. The van der Waals surface area contributed by atoms with Gasteiger partial charge in [-0.2, -0.15) is 8.42 Å². The van der Waals surface area contributed by atoms with Crippen molar-refractivity contribution in [3.63, 3.8) is 0 Å². The lowest BCUT2D eigenvalue weighted by molar-refractivity contribution is -0.114.